The van der Waals surface area contributed by atoms with E-state index < -0.39 is 0 Å². The second-order valence-corrected chi connectivity index (χ2v) is 4.43. The van der Waals surface area contributed by atoms with Gasteiger partial charge in [-0.15, -0.1) is 0 Å². The standard InChI is InChI=1S/C15H23N/c1-5-14-7-9-15(10-8-14)12-16(6-2)11-13(3)4/h7-10H,3,5-6,11-12H2,1-2,4H3. The summed E-state index contributed by atoms with van der Waals surface area (Å²) in [6, 6.07) is 8.92. The predicted molar refractivity (Wildman–Crippen MR) is 71.6 cm³/mol. The van der Waals surface area contributed by atoms with Gasteiger partial charge in [0.25, 0.3) is 0 Å². The summed E-state index contributed by atoms with van der Waals surface area (Å²) in [6.07, 6.45) is 1.11. The van der Waals surface area contributed by atoms with Gasteiger partial charge in [0.2, 0.25) is 0 Å². The van der Waals surface area contributed by atoms with Gasteiger partial charge in [-0.3, -0.25) is 4.90 Å². The Morgan fingerprint density at radius 3 is 2.12 bits per heavy atom. The van der Waals surface area contributed by atoms with Crippen molar-refractivity contribution in [1.82, 2.24) is 4.90 Å². The number of hydrogen-bond acceptors (Lipinski definition) is 1. The molecule has 0 N–H and O–H groups in total. The van der Waals surface area contributed by atoms with Gasteiger partial charge in [0.15, 0.2) is 0 Å². The normalized spacial score (nSPS) is 10.8. The van der Waals surface area contributed by atoms with Crippen LogP contribution in [0.1, 0.15) is 31.9 Å². The highest BCUT2D eigenvalue weighted by molar-refractivity contribution is 5.22. The monoisotopic (exact) mass is 217 g/mol. The van der Waals surface area contributed by atoms with Crippen LogP contribution in [-0.2, 0) is 13.0 Å². The molecular formula is C15H23N. The van der Waals surface area contributed by atoms with Crippen LogP contribution in [-0.4, -0.2) is 18.0 Å². The molecule has 88 valence electrons. The zero-order valence-electron chi connectivity index (χ0n) is 10.8. The van der Waals surface area contributed by atoms with Crippen molar-refractivity contribution < 1.29 is 0 Å². The molecule has 0 heterocycles. The van der Waals surface area contributed by atoms with Crippen LogP contribution in [0.25, 0.3) is 0 Å². The highest BCUT2D eigenvalue weighted by Gasteiger charge is 2.03. The van der Waals surface area contributed by atoms with E-state index in [1.165, 1.54) is 16.7 Å². The van der Waals surface area contributed by atoms with Crippen LogP contribution >= 0.6 is 0 Å². The molecule has 0 aromatic heterocycles. The number of likely N-dealkylation sites (N-methyl/N-ethyl adjacent to an activating group) is 1. The first-order valence-electron chi connectivity index (χ1n) is 6.10. The fourth-order valence-electron chi connectivity index (χ4n) is 1.80. The summed E-state index contributed by atoms with van der Waals surface area (Å²) in [5, 5.41) is 0. The molecule has 1 heteroatoms. The Balaban J connectivity index is 2.59. The van der Waals surface area contributed by atoms with Gasteiger partial charge < -0.3 is 0 Å². The molecule has 0 atom stereocenters. The molecule has 0 bridgehead atoms. The van der Waals surface area contributed by atoms with Crippen molar-refractivity contribution in [3.8, 4) is 0 Å². The van der Waals surface area contributed by atoms with E-state index in [4.69, 9.17) is 0 Å². The van der Waals surface area contributed by atoms with Crippen molar-refractivity contribution in [3.05, 3.63) is 47.5 Å². The van der Waals surface area contributed by atoms with E-state index in [0.29, 0.717) is 0 Å². The van der Waals surface area contributed by atoms with Crippen LogP contribution in [0, 0.1) is 0 Å². The van der Waals surface area contributed by atoms with E-state index in [9.17, 15) is 0 Å². The second kappa shape index (κ2) is 6.49. The Kier molecular flexibility index (Phi) is 5.27. The fraction of sp³-hybridized carbons (Fsp3) is 0.467. The lowest BCUT2D eigenvalue weighted by atomic mass is 10.1. The first-order chi connectivity index (χ1) is 7.65. The zero-order chi connectivity index (χ0) is 12.0. The Hall–Kier alpha value is -1.08. The van der Waals surface area contributed by atoms with Crippen molar-refractivity contribution in [2.45, 2.75) is 33.7 Å². The number of aryl methyl sites for hydroxylation is 1. The van der Waals surface area contributed by atoms with E-state index in [0.717, 1.165) is 26.1 Å². The lowest BCUT2D eigenvalue weighted by Crippen LogP contribution is -2.24. The first kappa shape index (κ1) is 13.0. The third-order valence-electron chi connectivity index (χ3n) is 2.78. The zero-order valence-corrected chi connectivity index (χ0v) is 10.8. The molecule has 0 spiro atoms. The molecule has 1 aromatic rings. The number of rotatable bonds is 6. The summed E-state index contributed by atoms with van der Waals surface area (Å²) >= 11 is 0. The largest absolute Gasteiger partial charge is 0.295 e. The van der Waals surface area contributed by atoms with Crippen molar-refractivity contribution in [1.29, 1.82) is 0 Å². The number of benzene rings is 1. The molecule has 16 heavy (non-hydrogen) atoms. The van der Waals surface area contributed by atoms with Crippen LogP contribution < -0.4 is 0 Å². The smallest absolute Gasteiger partial charge is 0.0237 e. The van der Waals surface area contributed by atoms with Crippen LogP contribution in [0.4, 0.5) is 0 Å². The Morgan fingerprint density at radius 2 is 1.69 bits per heavy atom. The predicted octanol–water partition coefficient (Wildman–Crippen LogP) is 3.65. The summed E-state index contributed by atoms with van der Waals surface area (Å²) in [5.74, 6) is 0. The summed E-state index contributed by atoms with van der Waals surface area (Å²) in [6.45, 7) is 13.5. The van der Waals surface area contributed by atoms with Gasteiger partial charge in [-0.1, -0.05) is 50.3 Å². The Bertz CT molecular complexity index is 324. The van der Waals surface area contributed by atoms with Gasteiger partial charge in [-0.2, -0.15) is 0 Å². The minimum Gasteiger partial charge on any atom is -0.295 e. The Morgan fingerprint density at radius 1 is 1.12 bits per heavy atom. The van der Waals surface area contributed by atoms with Crippen molar-refractivity contribution >= 4 is 0 Å². The van der Waals surface area contributed by atoms with E-state index in [1.807, 2.05) is 0 Å². The fourth-order valence-corrected chi connectivity index (χ4v) is 1.80. The van der Waals surface area contributed by atoms with Gasteiger partial charge >= 0.3 is 0 Å². The number of hydrogen-bond donors (Lipinski definition) is 0. The van der Waals surface area contributed by atoms with E-state index in [-0.39, 0.29) is 0 Å². The lowest BCUT2D eigenvalue weighted by molar-refractivity contribution is 0.304. The molecule has 0 saturated heterocycles. The van der Waals surface area contributed by atoms with E-state index >= 15 is 0 Å². The summed E-state index contributed by atoms with van der Waals surface area (Å²) in [7, 11) is 0. The molecule has 0 amide bonds. The third kappa shape index (κ3) is 4.19. The quantitative estimate of drug-likeness (QED) is 0.657. The van der Waals surface area contributed by atoms with Crippen molar-refractivity contribution in [3.63, 3.8) is 0 Å². The molecule has 0 aliphatic heterocycles. The Labute approximate surface area is 99.8 Å². The molecule has 1 aromatic carbocycles. The lowest BCUT2D eigenvalue weighted by Gasteiger charge is -2.20. The number of nitrogens with zero attached hydrogens (tertiary/aromatic N) is 1. The second-order valence-electron chi connectivity index (χ2n) is 4.43. The third-order valence-corrected chi connectivity index (χ3v) is 2.78. The van der Waals surface area contributed by atoms with Crippen LogP contribution in [0.3, 0.4) is 0 Å². The molecular weight excluding hydrogens is 194 g/mol. The molecule has 1 rings (SSSR count). The highest BCUT2D eigenvalue weighted by atomic mass is 15.1. The summed E-state index contributed by atoms with van der Waals surface area (Å²) in [4.78, 5) is 2.41. The van der Waals surface area contributed by atoms with Gasteiger partial charge in [-0.05, 0) is 31.0 Å². The molecule has 0 saturated carbocycles. The average Bonchev–Trinajstić information content (AvgIpc) is 2.28. The summed E-state index contributed by atoms with van der Waals surface area (Å²) in [5.41, 5.74) is 4.03. The minimum absolute atomic E-state index is 0.992. The maximum atomic E-state index is 3.97. The minimum atomic E-state index is 0.992. The molecule has 0 unspecified atom stereocenters. The molecule has 1 nitrogen and oxygen atoms in total. The maximum Gasteiger partial charge on any atom is 0.0237 e. The first-order valence-corrected chi connectivity index (χ1v) is 6.10. The van der Waals surface area contributed by atoms with Crippen LogP contribution in [0.15, 0.2) is 36.4 Å². The maximum absolute atomic E-state index is 3.97. The van der Waals surface area contributed by atoms with Gasteiger partial charge in [0.1, 0.15) is 0 Å². The van der Waals surface area contributed by atoms with Gasteiger partial charge in [-0.25, -0.2) is 0 Å². The van der Waals surface area contributed by atoms with Crippen molar-refractivity contribution in [2.24, 2.45) is 0 Å². The molecule has 0 fully saturated rings. The van der Waals surface area contributed by atoms with Crippen molar-refractivity contribution in [2.75, 3.05) is 13.1 Å². The van der Waals surface area contributed by atoms with E-state index in [2.05, 4.69) is 56.5 Å². The summed E-state index contributed by atoms with van der Waals surface area (Å²) < 4.78 is 0. The van der Waals surface area contributed by atoms with Gasteiger partial charge in [0, 0.05) is 13.1 Å². The van der Waals surface area contributed by atoms with Crippen LogP contribution in [0.5, 0.6) is 0 Å². The topological polar surface area (TPSA) is 3.24 Å². The van der Waals surface area contributed by atoms with E-state index in [1.54, 1.807) is 0 Å². The van der Waals surface area contributed by atoms with Gasteiger partial charge in [0.05, 0.1) is 0 Å². The molecule has 0 aliphatic carbocycles. The molecule has 0 aliphatic rings. The average molecular weight is 217 g/mol. The molecule has 0 radical (unpaired) electrons. The highest BCUT2D eigenvalue weighted by Crippen LogP contribution is 2.09. The SMILES string of the molecule is C=C(C)CN(CC)Cc1ccc(CC)cc1. The van der Waals surface area contributed by atoms with Crippen LogP contribution in [0.2, 0.25) is 0 Å².